The molecule has 46 valence electrons. The van der Waals surface area contributed by atoms with Crippen molar-refractivity contribution < 1.29 is 4.39 Å². The molecular formula is C5H4FN3. The highest BCUT2D eigenvalue weighted by Gasteiger charge is 1.96. The maximum absolute atomic E-state index is 11.8. The molecule has 1 aromatic rings. The van der Waals surface area contributed by atoms with Gasteiger partial charge in [0.05, 0.1) is 12.5 Å². The Labute approximate surface area is 51.4 Å². The second kappa shape index (κ2) is 2.27. The zero-order valence-corrected chi connectivity index (χ0v) is 4.58. The molecule has 4 heteroatoms. The molecule has 0 unspecified atom stereocenters. The summed E-state index contributed by atoms with van der Waals surface area (Å²) in [5.41, 5.74) is 0.248. The van der Waals surface area contributed by atoms with E-state index in [1.165, 1.54) is 12.5 Å². The molecule has 0 saturated heterocycles. The van der Waals surface area contributed by atoms with Crippen LogP contribution >= 0.6 is 0 Å². The van der Waals surface area contributed by atoms with E-state index in [0.717, 1.165) is 4.57 Å². The van der Waals surface area contributed by atoms with Crippen LogP contribution in [0, 0.1) is 11.3 Å². The first-order valence-electron chi connectivity index (χ1n) is 2.34. The molecule has 0 aliphatic rings. The molecule has 1 rings (SSSR count). The Morgan fingerprint density at radius 2 is 2.67 bits per heavy atom. The first kappa shape index (κ1) is 5.76. The summed E-state index contributed by atoms with van der Waals surface area (Å²) >= 11 is 0. The Balaban J connectivity index is 3.02. The minimum Gasteiger partial charge on any atom is -0.293 e. The molecule has 0 N–H and O–H groups in total. The van der Waals surface area contributed by atoms with Crippen LogP contribution in [0.2, 0.25) is 0 Å². The zero-order chi connectivity index (χ0) is 6.69. The van der Waals surface area contributed by atoms with Gasteiger partial charge < -0.3 is 0 Å². The number of rotatable bonds is 1. The topological polar surface area (TPSA) is 41.6 Å². The fourth-order valence-electron chi connectivity index (χ4n) is 0.509. The standard InChI is InChI=1S/C5H4FN3/c6-3-9-4-8-2-5(9)1-7/h2,4H,3H2. The molecule has 0 saturated carbocycles. The van der Waals surface area contributed by atoms with E-state index in [1.54, 1.807) is 6.07 Å². The smallest absolute Gasteiger partial charge is 0.167 e. The molecular weight excluding hydrogens is 121 g/mol. The lowest BCUT2D eigenvalue weighted by molar-refractivity contribution is 0.375. The van der Waals surface area contributed by atoms with Crippen LogP contribution in [0.4, 0.5) is 4.39 Å². The summed E-state index contributed by atoms with van der Waals surface area (Å²) in [5.74, 6) is 0. The van der Waals surface area contributed by atoms with E-state index in [0.29, 0.717) is 0 Å². The van der Waals surface area contributed by atoms with Crippen molar-refractivity contribution in [3.8, 4) is 6.07 Å². The minimum absolute atomic E-state index is 0.248. The highest BCUT2D eigenvalue weighted by molar-refractivity contribution is 5.16. The Hall–Kier alpha value is -1.37. The minimum atomic E-state index is -0.692. The highest BCUT2D eigenvalue weighted by Crippen LogP contribution is 1.95. The molecule has 3 nitrogen and oxygen atoms in total. The van der Waals surface area contributed by atoms with Gasteiger partial charge in [-0.05, 0) is 0 Å². The van der Waals surface area contributed by atoms with Crippen LogP contribution in [-0.4, -0.2) is 9.55 Å². The zero-order valence-electron chi connectivity index (χ0n) is 4.58. The Morgan fingerprint density at radius 1 is 1.89 bits per heavy atom. The van der Waals surface area contributed by atoms with E-state index in [1.807, 2.05) is 0 Å². The van der Waals surface area contributed by atoms with Crippen LogP contribution in [0.25, 0.3) is 0 Å². The molecule has 0 amide bonds. The van der Waals surface area contributed by atoms with Gasteiger partial charge in [0.15, 0.2) is 6.80 Å². The second-order valence-corrected chi connectivity index (χ2v) is 1.48. The maximum Gasteiger partial charge on any atom is 0.167 e. The number of aromatic nitrogens is 2. The number of hydrogen-bond acceptors (Lipinski definition) is 2. The second-order valence-electron chi connectivity index (χ2n) is 1.48. The molecule has 9 heavy (non-hydrogen) atoms. The number of nitrogens with zero attached hydrogens (tertiary/aromatic N) is 3. The van der Waals surface area contributed by atoms with Crippen LogP contribution in [0.15, 0.2) is 12.5 Å². The van der Waals surface area contributed by atoms with Gasteiger partial charge in [0, 0.05) is 0 Å². The molecule has 0 atom stereocenters. The summed E-state index contributed by atoms with van der Waals surface area (Å²) in [4.78, 5) is 3.56. The highest BCUT2D eigenvalue weighted by atomic mass is 19.1. The molecule has 0 aliphatic carbocycles. The van der Waals surface area contributed by atoms with E-state index >= 15 is 0 Å². The Bertz CT molecular complexity index is 235. The van der Waals surface area contributed by atoms with Gasteiger partial charge in [-0.25, -0.2) is 9.37 Å². The van der Waals surface area contributed by atoms with Gasteiger partial charge in [-0.15, -0.1) is 0 Å². The number of hydrogen-bond donors (Lipinski definition) is 0. The monoisotopic (exact) mass is 125 g/mol. The van der Waals surface area contributed by atoms with Gasteiger partial charge in [0.1, 0.15) is 11.8 Å². The van der Waals surface area contributed by atoms with Gasteiger partial charge in [0.25, 0.3) is 0 Å². The van der Waals surface area contributed by atoms with Crippen molar-refractivity contribution in [2.24, 2.45) is 0 Å². The van der Waals surface area contributed by atoms with E-state index in [-0.39, 0.29) is 5.69 Å². The van der Waals surface area contributed by atoms with E-state index in [4.69, 9.17) is 5.26 Å². The molecule has 0 spiro atoms. The predicted octanol–water partition coefficient (Wildman–Crippen LogP) is 0.682. The average Bonchev–Trinajstić information content (AvgIpc) is 2.33. The maximum atomic E-state index is 11.8. The van der Waals surface area contributed by atoms with Crippen LogP contribution in [0.3, 0.4) is 0 Å². The number of halogens is 1. The number of imidazole rings is 1. The molecule has 0 bridgehead atoms. The fraction of sp³-hybridized carbons (Fsp3) is 0.200. The predicted molar refractivity (Wildman–Crippen MR) is 28.0 cm³/mol. The quantitative estimate of drug-likeness (QED) is 0.553. The van der Waals surface area contributed by atoms with Crippen molar-refractivity contribution >= 4 is 0 Å². The van der Waals surface area contributed by atoms with Gasteiger partial charge in [-0.1, -0.05) is 0 Å². The lowest BCUT2D eigenvalue weighted by atomic mass is 10.5. The van der Waals surface area contributed by atoms with Gasteiger partial charge in [-0.3, -0.25) is 4.57 Å². The van der Waals surface area contributed by atoms with Crippen LogP contribution in [0.1, 0.15) is 5.69 Å². The van der Waals surface area contributed by atoms with Gasteiger partial charge in [-0.2, -0.15) is 5.26 Å². The Morgan fingerprint density at radius 3 is 3.11 bits per heavy atom. The van der Waals surface area contributed by atoms with Crippen LogP contribution in [-0.2, 0) is 6.80 Å². The van der Waals surface area contributed by atoms with Crippen molar-refractivity contribution in [1.29, 1.82) is 5.26 Å². The molecule has 1 aromatic heterocycles. The third-order valence-corrected chi connectivity index (χ3v) is 0.956. The van der Waals surface area contributed by atoms with Crippen molar-refractivity contribution in [2.45, 2.75) is 6.80 Å². The van der Waals surface area contributed by atoms with Crippen molar-refractivity contribution in [1.82, 2.24) is 9.55 Å². The fourth-order valence-corrected chi connectivity index (χ4v) is 0.509. The summed E-state index contributed by atoms with van der Waals surface area (Å²) < 4.78 is 12.9. The first-order chi connectivity index (χ1) is 4.38. The summed E-state index contributed by atoms with van der Waals surface area (Å²) in [7, 11) is 0. The third-order valence-electron chi connectivity index (χ3n) is 0.956. The van der Waals surface area contributed by atoms with E-state index in [2.05, 4.69) is 4.98 Å². The van der Waals surface area contributed by atoms with Crippen LogP contribution < -0.4 is 0 Å². The van der Waals surface area contributed by atoms with Gasteiger partial charge >= 0.3 is 0 Å². The summed E-state index contributed by atoms with van der Waals surface area (Å²) in [6.45, 7) is -0.692. The number of alkyl halides is 1. The van der Waals surface area contributed by atoms with Crippen LogP contribution in [0.5, 0.6) is 0 Å². The lowest BCUT2D eigenvalue weighted by Gasteiger charge is -1.90. The first-order valence-corrected chi connectivity index (χ1v) is 2.34. The van der Waals surface area contributed by atoms with E-state index in [9.17, 15) is 4.39 Å². The van der Waals surface area contributed by atoms with Gasteiger partial charge in [0.2, 0.25) is 0 Å². The third kappa shape index (κ3) is 0.891. The summed E-state index contributed by atoms with van der Waals surface area (Å²) in [6.07, 6.45) is 2.60. The molecule has 0 fully saturated rings. The molecule has 0 aliphatic heterocycles. The average molecular weight is 125 g/mol. The summed E-state index contributed by atoms with van der Waals surface area (Å²) in [6, 6.07) is 1.79. The van der Waals surface area contributed by atoms with Crippen molar-refractivity contribution in [3.05, 3.63) is 18.2 Å². The van der Waals surface area contributed by atoms with Crippen molar-refractivity contribution in [2.75, 3.05) is 0 Å². The lowest BCUT2D eigenvalue weighted by Crippen LogP contribution is -1.92. The normalized spacial score (nSPS) is 8.89. The largest absolute Gasteiger partial charge is 0.293 e. The number of nitriles is 1. The molecule has 0 aromatic carbocycles. The van der Waals surface area contributed by atoms with E-state index < -0.39 is 6.80 Å². The SMILES string of the molecule is N#Cc1cncn1CF. The molecule has 1 heterocycles. The Kier molecular flexibility index (Phi) is 1.45. The van der Waals surface area contributed by atoms with Crippen molar-refractivity contribution in [3.63, 3.8) is 0 Å². The molecule has 0 radical (unpaired) electrons. The summed E-state index contributed by atoms with van der Waals surface area (Å²) in [5, 5.41) is 8.26.